The minimum absolute atomic E-state index is 0.0541. The van der Waals surface area contributed by atoms with Gasteiger partial charge in [0, 0.05) is 32.1 Å². The van der Waals surface area contributed by atoms with Crippen LogP contribution in [0.5, 0.6) is 5.88 Å². The van der Waals surface area contributed by atoms with E-state index >= 15 is 0 Å². The van der Waals surface area contributed by atoms with E-state index in [0.29, 0.717) is 18.6 Å². The molecule has 8 nitrogen and oxygen atoms in total. The maximum atomic E-state index is 12.4. The summed E-state index contributed by atoms with van der Waals surface area (Å²) in [4.78, 5) is 22.8. The number of rotatable bonds is 4. The molecular weight excluding hydrogens is 328 g/mol. The Morgan fingerprint density at radius 3 is 2.48 bits per heavy atom. The topological polar surface area (TPSA) is 96.7 Å². The van der Waals surface area contributed by atoms with E-state index in [1.807, 2.05) is 27.7 Å². The van der Waals surface area contributed by atoms with Gasteiger partial charge in [-0.25, -0.2) is 4.79 Å². The molecule has 3 rings (SSSR count). The predicted molar refractivity (Wildman–Crippen MR) is 89.7 cm³/mol. The number of hydrogen-bond donors (Lipinski definition) is 0. The van der Waals surface area contributed by atoms with Crippen LogP contribution < -0.4 is 10.4 Å². The zero-order chi connectivity index (χ0) is 18.4. The normalized spacial score (nSPS) is 21.4. The minimum Gasteiger partial charge on any atom is -0.444 e. The summed E-state index contributed by atoms with van der Waals surface area (Å²) in [5, 5.41) is 10.8. The summed E-state index contributed by atoms with van der Waals surface area (Å²) in [7, 11) is 0. The largest absolute Gasteiger partial charge is 0.444 e. The highest BCUT2D eigenvalue weighted by molar-refractivity contribution is 5.69. The number of nitro benzene ring substituents is 1. The molecule has 0 saturated carbocycles. The summed E-state index contributed by atoms with van der Waals surface area (Å²) in [6.07, 6.45) is 0.498. The number of fused-ring (bicyclic) bond motifs is 1. The highest BCUT2D eigenvalue weighted by Gasteiger charge is 2.46. The summed E-state index contributed by atoms with van der Waals surface area (Å²) < 4.78 is 18.6. The summed E-state index contributed by atoms with van der Waals surface area (Å²) >= 11 is 0. The van der Waals surface area contributed by atoms with Crippen molar-refractivity contribution in [1.29, 1.82) is 0 Å². The van der Waals surface area contributed by atoms with Crippen LogP contribution in [0.1, 0.15) is 34.1 Å². The van der Waals surface area contributed by atoms with Crippen LogP contribution in [0, 0.1) is 10.1 Å². The van der Waals surface area contributed by atoms with Crippen molar-refractivity contribution in [2.24, 2.45) is 0 Å². The van der Waals surface area contributed by atoms with Crippen LogP contribution in [-0.4, -0.2) is 22.1 Å². The van der Waals surface area contributed by atoms with Crippen molar-refractivity contribution < 1.29 is 18.9 Å². The van der Waals surface area contributed by atoms with Crippen molar-refractivity contribution in [3.8, 4) is 17.0 Å². The summed E-state index contributed by atoms with van der Waals surface area (Å²) in [6.45, 7) is 8.01. The molecule has 0 aliphatic carbocycles. The molecular formula is C17H20N2O6. The molecule has 0 saturated heterocycles. The van der Waals surface area contributed by atoms with E-state index in [0.717, 1.165) is 0 Å². The first-order valence-corrected chi connectivity index (χ1v) is 8.01. The fraction of sp³-hybridized carbons (Fsp3) is 0.471. The second-order valence-electron chi connectivity index (χ2n) is 6.82. The Hall–Kier alpha value is -2.61. The third-order valence-electron chi connectivity index (χ3n) is 4.21. The van der Waals surface area contributed by atoms with Crippen LogP contribution in [0.4, 0.5) is 5.69 Å². The van der Waals surface area contributed by atoms with Crippen molar-refractivity contribution in [3.63, 3.8) is 0 Å². The quantitative estimate of drug-likeness (QED) is 0.621. The van der Waals surface area contributed by atoms with Crippen LogP contribution in [-0.2, 0) is 10.3 Å². The van der Waals surface area contributed by atoms with Gasteiger partial charge in [-0.15, -0.1) is 0 Å². The number of hydrogen-bond acceptors (Lipinski definition) is 6. The molecule has 0 bridgehead atoms. The van der Waals surface area contributed by atoms with E-state index in [1.54, 1.807) is 0 Å². The number of nitro groups is 1. The Kier molecular flexibility index (Phi) is 3.95. The smallest absolute Gasteiger partial charge is 0.369 e. The minimum atomic E-state index is -0.899. The first kappa shape index (κ1) is 17.2. The van der Waals surface area contributed by atoms with Crippen LogP contribution in [0.3, 0.4) is 0 Å². The van der Waals surface area contributed by atoms with E-state index in [2.05, 4.69) is 0 Å². The van der Waals surface area contributed by atoms with Gasteiger partial charge < -0.3 is 14.0 Å². The molecule has 1 aliphatic heterocycles. The van der Waals surface area contributed by atoms with E-state index in [4.69, 9.17) is 14.0 Å². The van der Waals surface area contributed by atoms with E-state index in [-0.39, 0.29) is 17.1 Å². The van der Waals surface area contributed by atoms with E-state index in [9.17, 15) is 14.9 Å². The molecule has 0 amide bonds. The van der Waals surface area contributed by atoms with Crippen molar-refractivity contribution >= 4 is 5.69 Å². The van der Waals surface area contributed by atoms with E-state index < -0.39 is 21.9 Å². The Labute approximate surface area is 144 Å². The van der Waals surface area contributed by atoms with Gasteiger partial charge in [-0.05, 0) is 38.5 Å². The molecule has 0 spiro atoms. The summed E-state index contributed by atoms with van der Waals surface area (Å²) in [5.41, 5.74) is -0.423. The van der Waals surface area contributed by atoms with Gasteiger partial charge in [0.15, 0.2) is 0 Å². The fourth-order valence-corrected chi connectivity index (χ4v) is 3.32. The second kappa shape index (κ2) is 5.73. The number of ether oxygens (including phenoxy) is 2. The highest BCUT2D eigenvalue weighted by atomic mass is 16.7. The molecule has 25 heavy (non-hydrogen) atoms. The average Bonchev–Trinajstić information content (AvgIpc) is 2.83. The van der Waals surface area contributed by atoms with Crippen molar-refractivity contribution in [2.45, 2.75) is 45.4 Å². The average molecular weight is 348 g/mol. The van der Waals surface area contributed by atoms with Crippen LogP contribution in [0.15, 0.2) is 33.6 Å². The molecule has 0 fully saturated rings. The van der Waals surface area contributed by atoms with Gasteiger partial charge in [0.05, 0.1) is 10.5 Å². The van der Waals surface area contributed by atoms with Gasteiger partial charge in [0.1, 0.15) is 5.56 Å². The lowest BCUT2D eigenvalue weighted by molar-refractivity contribution is -0.384. The standard InChI is InChI=1S/C17H20N2O6/c1-5-23-17(4)10-16(2,3)18-14(24-17)13(15(20)25-18)11-6-8-12(9-7-11)19(21)22/h6-9H,5,10H2,1-4H3. The van der Waals surface area contributed by atoms with Crippen LogP contribution >= 0.6 is 0 Å². The third-order valence-corrected chi connectivity index (χ3v) is 4.21. The lowest BCUT2D eigenvalue weighted by atomic mass is 9.93. The van der Waals surface area contributed by atoms with Gasteiger partial charge in [0.25, 0.3) is 5.69 Å². The predicted octanol–water partition coefficient (Wildman–Crippen LogP) is 3.29. The Bertz CT molecular complexity index is 864. The van der Waals surface area contributed by atoms with Gasteiger partial charge in [-0.2, -0.15) is 4.74 Å². The molecule has 2 heterocycles. The van der Waals surface area contributed by atoms with Crippen molar-refractivity contribution in [2.75, 3.05) is 6.61 Å². The maximum Gasteiger partial charge on any atom is 0.369 e. The molecule has 1 unspecified atom stereocenters. The van der Waals surface area contributed by atoms with Gasteiger partial charge in [0.2, 0.25) is 11.7 Å². The SMILES string of the molecule is CCOC1(C)CC(C)(C)n2oc(=O)c(-c3ccc([N+](=O)[O-])cc3)c2O1. The Morgan fingerprint density at radius 1 is 1.28 bits per heavy atom. The Morgan fingerprint density at radius 2 is 1.92 bits per heavy atom. The zero-order valence-corrected chi connectivity index (χ0v) is 14.6. The van der Waals surface area contributed by atoms with Gasteiger partial charge in [-0.1, -0.05) is 0 Å². The molecule has 1 atom stereocenters. The fourth-order valence-electron chi connectivity index (χ4n) is 3.32. The van der Waals surface area contributed by atoms with Crippen LogP contribution in [0.2, 0.25) is 0 Å². The molecule has 0 radical (unpaired) electrons. The monoisotopic (exact) mass is 348 g/mol. The first-order chi connectivity index (χ1) is 11.7. The number of nitrogens with zero attached hydrogens (tertiary/aromatic N) is 2. The van der Waals surface area contributed by atoms with Crippen LogP contribution in [0.25, 0.3) is 11.1 Å². The second-order valence-corrected chi connectivity index (χ2v) is 6.82. The zero-order valence-electron chi connectivity index (χ0n) is 14.6. The molecule has 0 N–H and O–H groups in total. The lowest BCUT2D eigenvalue weighted by Crippen LogP contribution is -2.48. The third kappa shape index (κ3) is 2.93. The van der Waals surface area contributed by atoms with E-state index in [1.165, 1.54) is 29.0 Å². The molecule has 2 aromatic rings. The van der Waals surface area contributed by atoms with Gasteiger partial charge >= 0.3 is 5.63 Å². The molecule has 134 valence electrons. The molecule has 1 aromatic carbocycles. The number of aromatic nitrogens is 1. The number of non-ortho nitro benzene ring substituents is 1. The summed E-state index contributed by atoms with van der Waals surface area (Å²) in [6, 6.07) is 5.70. The Balaban J connectivity index is 2.13. The van der Waals surface area contributed by atoms with Gasteiger partial charge in [-0.3, -0.25) is 10.1 Å². The maximum absolute atomic E-state index is 12.4. The molecule has 1 aromatic heterocycles. The molecule has 8 heteroatoms. The van der Waals surface area contributed by atoms with Crippen molar-refractivity contribution in [1.82, 2.24) is 4.74 Å². The highest BCUT2D eigenvalue weighted by Crippen LogP contribution is 2.43. The molecule has 1 aliphatic rings. The summed E-state index contributed by atoms with van der Waals surface area (Å²) in [5.74, 6) is -0.629. The first-order valence-electron chi connectivity index (χ1n) is 8.01. The van der Waals surface area contributed by atoms with Crippen molar-refractivity contribution in [3.05, 3.63) is 44.8 Å². The lowest BCUT2D eigenvalue weighted by Gasteiger charge is -2.42. The number of benzene rings is 1.